The maximum absolute atomic E-state index is 15.1. The van der Waals surface area contributed by atoms with E-state index in [-0.39, 0.29) is 17.2 Å². The number of aryl methyl sites for hydroxylation is 1. The Bertz CT molecular complexity index is 1070. The molecule has 0 saturated heterocycles. The zero-order valence-corrected chi connectivity index (χ0v) is 16.0. The highest BCUT2D eigenvalue weighted by atomic mass is 19.1. The molecule has 0 amide bonds. The molecule has 3 aromatic carbocycles. The van der Waals surface area contributed by atoms with Gasteiger partial charge in [-0.25, -0.2) is 17.6 Å². The Kier molecular flexibility index (Phi) is 5.27. The van der Waals surface area contributed by atoms with Crippen LogP contribution in [0.3, 0.4) is 0 Å². The molecule has 0 unspecified atom stereocenters. The Morgan fingerprint density at radius 2 is 1.52 bits per heavy atom. The SMILES string of the molecule is CCCc1cc(F)c(C2=Cc3ccc(-c4ccc(F)cc4)c(F)c3CC2)c(F)c1. The van der Waals surface area contributed by atoms with Gasteiger partial charge in [-0.1, -0.05) is 43.7 Å². The van der Waals surface area contributed by atoms with Gasteiger partial charge in [-0.3, -0.25) is 0 Å². The lowest BCUT2D eigenvalue weighted by Gasteiger charge is -2.20. The molecule has 0 N–H and O–H groups in total. The largest absolute Gasteiger partial charge is 0.207 e. The average molecular weight is 396 g/mol. The summed E-state index contributed by atoms with van der Waals surface area (Å²) in [5, 5.41) is 0. The van der Waals surface area contributed by atoms with E-state index in [1.165, 1.54) is 36.4 Å². The summed E-state index contributed by atoms with van der Waals surface area (Å²) in [7, 11) is 0. The van der Waals surface area contributed by atoms with E-state index < -0.39 is 11.6 Å². The average Bonchev–Trinajstić information content (AvgIpc) is 2.69. The second kappa shape index (κ2) is 7.86. The van der Waals surface area contributed by atoms with Crippen LogP contribution in [-0.2, 0) is 12.8 Å². The summed E-state index contributed by atoms with van der Waals surface area (Å²) in [5.74, 6) is -1.91. The van der Waals surface area contributed by atoms with Crippen molar-refractivity contribution in [2.24, 2.45) is 0 Å². The second-order valence-corrected chi connectivity index (χ2v) is 7.36. The van der Waals surface area contributed by atoms with Gasteiger partial charge in [-0.2, -0.15) is 0 Å². The number of rotatable bonds is 4. The molecule has 0 bridgehead atoms. The van der Waals surface area contributed by atoms with Crippen molar-refractivity contribution in [2.75, 3.05) is 0 Å². The van der Waals surface area contributed by atoms with E-state index in [0.717, 1.165) is 6.42 Å². The van der Waals surface area contributed by atoms with Crippen molar-refractivity contribution in [2.45, 2.75) is 32.6 Å². The molecule has 1 aliphatic rings. The Hall–Kier alpha value is -2.88. The normalized spacial score (nSPS) is 13.2. The van der Waals surface area contributed by atoms with Gasteiger partial charge in [0.1, 0.15) is 23.3 Å². The van der Waals surface area contributed by atoms with Crippen LogP contribution in [0.25, 0.3) is 22.8 Å². The molecule has 4 rings (SSSR count). The lowest BCUT2D eigenvalue weighted by Crippen LogP contribution is -2.06. The third-order valence-corrected chi connectivity index (χ3v) is 5.37. The fraction of sp³-hybridized carbons (Fsp3) is 0.200. The predicted octanol–water partition coefficient (Wildman–Crippen LogP) is 7.35. The van der Waals surface area contributed by atoms with Gasteiger partial charge in [0.15, 0.2) is 0 Å². The van der Waals surface area contributed by atoms with E-state index in [1.54, 1.807) is 18.2 Å². The number of hydrogen-bond acceptors (Lipinski definition) is 0. The number of halogens is 4. The Morgan fingerprint density at radius 1 is 0.828 bits per heavy atom. The number of hydrogen-bond donors (Lipinski definition) is 0. The van der Waals surface area contributed by atoms with Crippen LogP contribution in [0.1, 0.15) is 42.0 Å². The van der Waals surface area contributed by atoms with Crippen molar-refractivity contribution in [3.63, 3.8) is 0 Å². The van der Waals surface area contributed by atoms with Gasteiger partial charge in [-0.05, 0) is 71.4 Å². The van der Waals surface area contributed by atoms with Crippen LogP contribution < -0.4 is 0 Å². The highest BCUT2D eigenvalue weighted by molar-refractivity contribution is 5.86. The van der Waals surface area contributed by atoms with E-state index in [9.17, 15) is 13.2 Å². The highest BCUT2D eigenvalue weighted by Crippen LogP contribution is 2.37. The van der Waals surface area contributed by atoms with Crippen molar-refractivity contribution in [3.05, 3.63) is 94.1 Å². The summed E-state index contributed by atoms with van der Waals surface area (Å²) in [4.78, 5) is 0. The molecule has 0 aliphatic heterocycles. The second-order valence-electron chi connectivity index (χ2n) is 7.36. The molecular formula is C25H20F4. The summed E-state index contributed by atoms with van der Waals surface area (Å²) in [6, 6.07) is 11.8. The van der Waals surface area contributed by atoms with Crippen molar-refractivity contribution >= 4 is 11.6 Å². The first kappa shape index (κ1) is 19.4. The van der Waals surface area contributed by atoms with Crippen molar-refractivity contribution in [1.82, 2.24) is 0 Å². The van der Waals surface area contributed by atoms with Gasteiger partial charge in [0.25, 0.3) is 0 Å². The standard InChI is InChI=1S/C25H20F4/c1-2-3-15-12-22(27)24(23(28)13-15)18-7-11-21-17(14-18)6-10-20(25(21)29)16-4-8-19(26)9-5-16/h4-6,8-10,12-14H,2-3,7,11H2,1H3. The zero-order chi connectivity index (χ0) is 20.5. The Balaban J connectivity index is 1.74. The minimum Gasteiger partial charge on any atom is -0.207 e. The molecule has 29 heavy (non-hydrogen) atoms. The van der Waals surface area contributed by atoms with Gasteiger partial charge >= 0.3 is 0 Å². The van der Waals surface area contributed by atoms with Crippen molar-refractivity contribution in [3.8, 4) is 11.1 Å². The number of fused-ring (bicyclic) bond motifs is 1. The summed E-state index contributed by atoms with van der Waals surface area (Å²) < 4.78 is 57.5. The van der Waals surface area contributed by atoms with Crippen LogP contribution in [0, 0.1) is 23.3 Å². The number of benzene rings is 3. The summed E-state index contributed by atoms with van der Waals surface area (Å²) in [6.45, 7) is 1.96. The van der Waals surface area contributed by atoms with E-state index in [0.29, 0.717) is 52.7 Å². The summed E-state index contributed by atoms with van der Waals surface area (Å²) >= 11 is 0. The molecule has 0 radical (unpaired) electrons. The Morgan fingerprint density at radius 3 is 2.17 bits per heavy atom. The quantitative estimate of drug-likeness (QED) is 0.405. The third kappa shape index (κ3) is 3.71. The van der Waals surface area contributed by atoms with Crippen LogP contribution >= 0.6 is 0 Å². The lowest BCUT2D eigenvalue weighted by molar-refractivity contribution is 0.571. The maximum Gasteiger partial charge on any atom is 0.134 e. The molecular weight excluding hydrogens is 376 g/mol. The molecule has 148 valence electrons. The van der Waals surface area contributed by atoms with Gasteiger partial charge < -0.3 is 0 Å². The first-order chi connectivity index (χ1) is 14.0. The van der Waals surface area contributed by atoms with Gasteiger partial charge in [0.05, 0.1) is 0 Å². The molecule has 3 aromatic rings. The Labute approximate surface area is 167 Å². The molecule has 0 aromatic heterocycles. The van der Waals surface area contributed by atoms with Gasteiger partial charge in [0, 0.05) is 11.1 Å². The van der Waals surface area contributed by atoms with Crippen LogP contribution in [-0.4, -0.2) is 0 Å². The molecule has 4 heteroatoms. The molecule has 0 atom stereocenters. The van der Waals surface area contributed by atoms with Crippen molar-refractivity contribution in [1.29, 1.82) is 0 Å². The molecule has 0 nitrogen and oxygen atoms in total. The van der Waals surface area contributed by atoms with E-state index in [4.69, 9.17) is 0 Å². The fourth-order valence-corrected chi connectivity index (χ4v) is 3.96. The summed E-state index contributed by atoms with van der Waals surface area (Å²) in [5.41, 5.74) is 3.25. The minimum absolute atomic E-state index is 0.0291. The first-order valence-corrected chi connectivity index (χ1v) is 9.74. The van der Waals surface area contributed by atoms with Crippen molar-refractivity contribution < 1.29 is 17.6 Å². The molecule has 1 aliphatic carbocycles. The molecule has 0 fully saturated rings. The first-order valence-electron chi connectivity index (χ1n) is 9.74. The van der Waals surface area contributed by atoms with E-state index in [1.807, 2.05) is 6.92 Å². The maximum atomic E-state index is 15.1. The molecule has 0 heterocycles. The highest BCUT2D eigenvalue weighted by Gasteiger charge is 2.22. The summed E-state index contributed by atoms with van der Waals surface area (Å²) in [6.07, 6.45) is 3.78. The molecule has 0 saturated carbocycles. The predicted molar refractivity (Wildman–Crippen MR) is 108 cm³/mol. The number of allylic oxidation sites excluding steroid dienone is 1. The molecule has 0 spiro atoms. The topological polar surface area (TPSA) is 0 Å². The fourth-order valence-electron chi connectivity index (χ4n) is 3.96. The lowest BCUT2D eigenvalue weighted by atomic mass is 9.86. The van der Waals surface area contributed by atoms with Gasteiger partial charge in [0.2, 0.25) is 0 Å². The van der Waals surface area contributed by atoms with Crippen LogP contribution in [0.5, 0.6) is 0 Å². The minimum atomic E-state index is -0.577. The van der Waals surface area contributed by atoms with E-state index in [2.05, 4.69) is 0 Å². The van der Waals surface area contributed by atoms with Crippen LogP contribution in [0.2, 0.25) is 0 Å². The van der Waals surface area contributed by atoms with E-state index >= 15 is 4.39 Å². The third-order valence-electron chi connectivity index (χ3n) is 5.37. The van der Waals surface area contributed by atoms with Crippen LogP contribution in [0.15, 0.2) is 48.5 Å². The zero-order valence-electron chi connectivity index (χ0n) is 16.0. The smallest absolute Gasteiger partial charge is 0.134 e. The van der Waals surface area contributed by atoms with Crippen LogP contribution in [0.4, 0.5) is 17.6 Å². The van der Waals surface area contributed by atoms with Gasteiger partial charge in [-0.15, -0.1) is 0 Å². The monoisotopic (exact) mass is 396 g/mol.